The number of rotatable bonds is 18. The molecule has 0 radical (unpaired) electrons. The van der Waals surface area contributed by atoms with Crippen LogP contribution in [0.2, 0.25) is 0 Å². The SMILES string of the molecule is CCCCCCCCCCCCCCCCN1C(=O)C(=O)C(=C(O)c2ccccc2)[C@@H]1c1cccc([N+](=O)[O-])c1. The van der Waals surface area contributed by atoms with Crippen LogP contribution in [-0.4, -0.2) is 33.2 Å². The number of nitro benzene ring substituents is 1. The Morgan fingerprint density at radius 1 is 0.800 bits per heavy atom. The van der Waals surface area contributed by atoms with E-state index < -0.39 is 22.7 Å². The smallest absolute Gasteiger partial charge is 0.295 e. The molecular weight excluding hydrogens is 504 g/mol. The number of nitro groups is 1. The normalized spacial score (nSPS) is 16.5. The molecule has 7 nitrogen and oxygen atoms in total. The Labute approximate surface area is 238 Å². The summed E-state index contributed by atoms with van der Waals surface area (Å²) in [5.74, 6) is -1.70. The van der Waals surface area contributed by atoms with Crippen molar-refractivity contribution in [1.82, 2.24) is 4.90 Å². The average molecular weight is 549 g/mol. The van der Waals surface area contributed by atoms with E-state index in [2.05, 4.69) is 6.92 Å². The van der Waals surface area contributed by atoms with Crippen molar-refractivity contribution < 1.29 is 19.6 Å². The summed E-state index contributed by atoms with van der Waals surface area (Å²) in [5, 5.41) is 22.5. The minimum Gasteiger partial charge on any atom is -0.507 e. The number of non-ortho nitro benzene ring substituents is 1. The van der Waals surface area contributed by atoms with Crippen LogP contribution < -0.4 is 0 Å². The van der Waals surface area contributed by atoms with Gasteiger partial charge in [-0.2, -0.15) is 0 Å². The minimum absolute atomic E-state index is 0.0259. The van der Waals surface area contributed by atoms with Gasteiger partial charge in [-0.25, -0.2) is 0 Å². The third-order valence-corrected chi connectivity index (χ3v) is 7.74. The van der Waals surface area contributed by atoms with E-state index >= 15 is 0 Å². The summed E-state index contributed by atoms with van der Waals surface area (Å²) < 4.78 is 0. The van der Waals surface area contributed by atoms with E-state index in [1.165, 1.54) is 81.2 Å². The molecular formula is C33H44N2O5. The quantitative estimate of drug-likeness (QED) is 0.0502. The lowest BCUT2D eigenvalue weighted by Gasteiger charge is -2.25. The second-order valence-electron chi connectivity index (χ2n) is 10.8. The third-order valence-electron chi connectivity index (χ3n) is 7.74. The van der Waals surface area contributed by atoms with Crippen molar-refractivity contribution >= 4 is 23.1 Å². The molecule has 0 bridgehead atoms. The van der Waals surface area contributed by atoms with E-state index in [1.54, 1.807) is 42.5 Å². The number of ketones is 1. The van der Waals surface area contributed by atoms with Crippen molar-refractivity contribution in [2.75, 3.05) is 6.54 Å². The first-order chi connectivity index (χ1) is 19.5. The van der Waals surface area contributed by atoms with E-state index in [4.69, 9.17) is 0 Å². The first-order valence-corrected chi connectivity index (χ1v) is 15.0. The lowest BCUT2D eigenvalue weighted by Crippen LogP contribution is -2.30. The molecule has 1 aliphatic heterocycles. The number of hydrogen-bond acceptors (Lipinski definition) is 5. The Morgan fingerprint density at radius 2 is 1.35 bits per heavy atom. The molecule has 2 aromatic rings. The van der Waals surface area contributed by atoms with Crippen LogP contribution in [0.4, 0.5) is 5.69 Å². The summed E-state index contributed by atoms with van der Waals surface area (Å²) in [7, 11) is 0. The predicted molar refractivity (Wildman–Crippen MR) is 159 cm³/mol. The highest BCUT2D eigenvalue weighted by atomic mass is 16.6. The summed E-state index contributed by atoms with van der Waals surface area (Å²) in [6.07, 6.45) is 17.0. The van der Waals surface area contributed by atoms with Crippen LogP contribution in [-0.2, 0) is 9.59 Å². The summed E-state index contributed by atoms with van der Waals surface area (Å²) in [6, 6.07) is 13.7. The van der Waals surface area contributed by atoms with Gasteiger partial charge in [0.25, 0.3) is 17.4 Å². The van der Waals surface area contributed by atoms with Crippen LogP contribution in [0.15, 0.2) is 60.2 Å². The number of Topliss-reactive ketones (excluding diaryl/α,β-unsaturated/α-hetero) is 1. The first-order valence-electron chi connectivity index (χ1n) is 15.0. The van der Waals surface area contributed by atoms with Gasteiger partial charge in [0.2, 0.25) is 0 Å². The molecule has 0 saturated carbocycles. The molecule has 1 fully saturated rings. The first kappa shape index (κ1) is 31.1. The fraction of sp³-hybridized carbons (Fsp3) is 0.515. The van der Waals surface area contributed by atoms with Gasteiger partial charge in [0, 0.05) is 24.2 Å². The molecule has 1 amide bonds. The monoisotopic (exact) mass is 548 g/mol. The number of unbranched alkanes of at least 4 members (excludes halogenated alkanes) is 13. The molecule has 1 saturated heterocycles. The number of benzene rings is 2. The van der Waals surface area contributed by atoms with Gasteiger partial charge in [0.1, 0.15) is 5.76 Å². The van der Waals surface area contributed by atoms with E-state index in [-0.39, 0.29) is 17.0 Å². The zero-order chi connectivity index (χ0) is 28.7. The molecule has 0 unspecified atom stereocenters. The van der Waals surface area contributed by atoms with E-state index in [0.29, 0.717) is 17.7 Å². The predicted octanol–water partition coefficient (Wildman–Crippen LogP) is 8.50. The molecule has 1 N–H and O–H groups in total. The molecule has 7 heteroatoms. The minimum atomic E-state index is -0.873. The Hall–Kier alpha value is -3.48. The maximum Gasteiger partial charge on any atom is 0.295 e. The molecule has 1 heterocycles. The number of amides is 1. The number of nitrogens with zero attached hydrogens (tertiary/aromatic N) is 2. The zero-order valence-corrected chi connectivity index (χ0v) is 23.9. The summed E-state index contributed by atoms with van der Waals surface area (Å²) in [5.41, 5.74) is 0.713. The van der Waals surface area contributed by atoms with Gasteiger partial charge in [0.05, 0.1) is 16.5 Å². The van der Waals surface area contributed by atoms with Gasteiger partial charge >= 0.3 is 0 Å². The van der Waals surface area contributed by atoms with Crippen LogP contribution in [0.5, 0.6) is 0 Å². The van der Waals surface area contributed by atoms with Crippen molar-refractivity contribution in [2.45, 2.75) is 103 Å². The van der Waals surface area contributed by atoms with Crippen LogP contribution in [0, 0.1) is 10.1 Å². The number of aliphatic hydroxyl groups excluding tert-OH is 1. The van der Waals surface area contributed by atoms with Crippen molar-refractivity contribution in [2.24, 2.45) is 0 Å². The van der Waals surface area contributed by atoms with Crippen LogP contribution in [0.1, 0.15) is 114 Å². The maximum absolute atomic E-state index is 13.1. The molecule has 1 aliphatic rings. The molecule has 0 aromatic heterocycles. The largest absolute Gasteiger partial charge is 0.507 e. The number of aliphatic hydroxyl groups is 1. The second kappa shape index (κ2) is 16.6. The Morgan fingerprint density at radius 3 is 1.90 bits per heavy atom. The average Bonchev–Trinajstić information content (AvgIpc) is 3.22. The van der Waals surface area contributed by atoms with Crippen LogP contribution >= 0.6 is 0 Å². The van der Waals surface area contributed by atoms with E-state index in [0.717, 1.165) is 25.7 Å². The topological polar surface area (TPSA) is 101 Å². The van der Waals surface area contributed by atoms with E-state index in [1.807, 2.05) is 0 Å². The fourth-order valence-corrected chi connectivity index (χ4v) is 5.49. The Kier molecular flexibility index (Phi) is 12.9. The van der Waals surface area contributed by atoms with Crippen molar-refractivity contribution in [3.05, 3.63) is 81.4 Å². The second-order valence-corrected chi connectivity index (χ2v) is 10.8. The summed E-state index contributed by atoms with van der Waals surface area (Å²) >= 11 is 0. The number of carbonyl (C=O) groups is 2. The number of hydrogen-bond donors (Lipinski definition) is 1. The molecule has 0 aliphatic carbocycles. The molecule has 40 heavy (non-hydrogen) atoms. The van der Waals surface area contributed by atoms with Crippen molar-refractivity contribution in [3.63, 3.8) is 0 Å². The van der Waals surface area contributed by atoms with Crippen molar-refractivity contribution in [1.29, 1.82) is 0 Å². The highest BCUT2D eigenvalue weighted by molar-refractivity contribution is 6.46. The van der Waals surface area contributed by atoms with Gasteiger partial charge in [-0.3, -0.25) is 19.7 Å². The molecule has 216 valence electrons. The molecule has 3 rings (SSSR count). The zero-order valence-electron chi connectivity index (χ0n) is 23.9. The fourth-order valence-electron chi connectivity index (χ4n) is 5.49. The summed E-state index contributed by atoms with van der Waals surface area (Å²) in [6.45, 7) is 2.59. The third kappa shape index (κ3) is 8.77. The maximum atomic E-state index is 13.1. The highest BCUT2D eigenvalue weighted by Gasteiger charge is 2.46. The molecule has 2 aromatic carbocycles. The lowest BCUT2D eigenvalue weighted by molar-refractivity contribution is -0.384. The van der Waals surface area contributed by atoms with Crippen LogP contribution in [0.25, 0.3) is 5.76 Å². The number of likely N-dealkylation sites (tertiary alicyclic amines) is 1. The van der Waals surface area contributed by atoms with Crippen molar-refractivity contribution in [3.8, 4) is 0 Å². The van der Waals surface area contributed by atoms with Gasteiger partial charge in [0.15, 0.2) is 0 Å². The Balaban J connectivity index is 1.57. The molecule has 1 atom stereocenters. The highest BCUT2D eigenvalue weighted by Crippen LogP contribution is 2.40. The Bertz CT molecular complexity index is 1140. The van der Waals surface area contributed by atoms with Gasteiger partial charge in [-0.05, 0) is 12.0 Å². The molecule has 0 spiro atoms. The van der Waals surface area contributed by atoms with Gasteiger partial charge in [-0.1, -0.05) is 133 Å². The summed E-state index contributed by atoms with van der Waals surface area (Å²) in [4.78, 5) is 38.7. The number of carbonyl (C=O) groups excluding carboxylic acids is 2. The standard InChI is InChI=1S/C33H44N2O5/c1-2-3-4-5-6-7-8-9-10-11-12-13-14-18-24-34-30(27-22-19-23-28(25-27)35(39)40)29(32(37)33(34)38)31(36)26-20-16-15-17-21-26/h15-17,19-23,25,30,36H,2-14,18,24H2,1H3/t30-/m0/s1. The van der Waals surface area contributed by atoms with E-state index in [9.17, 15) is 24.8 Å². The van der Waals surface area contributed by atoms with Crippen LogP contribution in [0.3, 0.4) is 0 Å². The van der Waals surface area contributed by atoms with Gasteiger partial charge in [-0.15, -0.1) is 0 Å². The lowest BCUT2D eigenvalue weighted by atomic mass is 9.95. The van der Waals surface area contributed by atoms with Gasteiger partial charge < -0.3 is 10.0 Å².